The Balaban J connectivity index is -0.0000000910. The van der Waals surface area contributed by atoms with E-state index in [1.165, 1.54) is 11.1 Å². The minimum Gasteiger partial charge on any atom is -0.106 e. The van der Waals surface area contributed by atoms with Gasteiger partial charge in [0.1, 0.15) is 0 Å². The Hall–Kier alpha value is -1.48. The molecule has 0 aliphatic heterocycles. The fourth-order valence-corrected chi connectivity index (χ4v) is 1.73. The smallest absolute Gasteiger partial charge is 0.0146 e. The van der Waals surface area contributed by atoms with Gasteiger partial charge in [-0.1, -0.05) is 117 Å². The highest BCUT2D eigenvalue weighted by Gasteiger charge is 1.87. The van der Waals surface area contributed by atoms with Gasteiger partial charge in [0.25, 0.3) is 0 Å². The SMILES string of the molecule is C/C=C/C(C)C.C/C=C\C(C)C.C=C(C)C(C)C.CC#CC(C)C.CC(C)=CC(C)C. The molecule has 0 N–H and O–H groups in total. The van der Waals surface area contributed by atoms with E-state index in [1.807, 2.05) is 27.7 Å². The van der Waals surface area contributed by atoms with Gasteiger partial charge in [0.15, 0.2) is 0 Å². The predicted molar refractivity (Wildman–Crippen MR) is 152 cm³/mol. The molecule has 0 radical (unpaired) electrons. The summed E-state index contributed by atoms with van der Waals surface area (Å²) in [6.45, 7) is 37.5. The summed E-state index contributed by atoms with van der Waals surface area (Å²) in [5.74, 6) is 9.12. The third-order valence-electron chi connectivity index (χ3n) is 3.24. The van der Waals surface area contributed by atoms with Crippen molar-refractivity contribution in [1.82, 2.24) is 0 Å². The molecular formula is C31H60. The van der Waals surface area contributed by atoms with Gasteiger partial charge in [-0.15, -0.1) is 11.8 Å². The van der Waals surface area contributed by atoms with Crippen LogP contribution in [0.25, 0.3) is 0 Å². The molecular weight excluding hydrogens is 372 g/mol. The average molecular weight is 433 g/mol. The zero-order valence-electron chi connectivity index (χ0n) is 24.5. The fourth-order valence-electron chi connectivity index (χ4n) is 1.73. The molecule has 0 aromatic carbocycles. The summed E-state index contributed by atoms with van der Waals surface area (Å²) in [5, 5.41) is 0. The molecule has 0 aliphatic carbocycles. The summed E-state index contributed by atoms with van der Waals surface area (Å²) in [6.07, 6.45) is 10.7. The number of hydrogen-bond donors (Lipinski definition) is 0. The first-order chi connectivity index (χ1) is 14.1. The molecule has 184 valence electrons. The minimum atomic E-state index is 0.537. The molecule has 0 aromatic rings. The van der Waals surface area contributed by atoms with E-state index in [1.54, 1.807) is 0 Å². The molecule has 0 fully saturated rings. The molecule has 0 aliphatic rings. The van der Waals surface area contributed by atoms with Gasteiger partial charge in [-0.3, -0.25) is 0 Å². The lowest BCUT2D eigenvalue weighted by Crippen LogP contribution is -1.83. The second-order valence-electron chi connectivity index (χ2n) is 9.58. The zero-order chi connectivity index (χ0) is 26.0. The third kappa shape index (κ3) is 83.3. The summed E-state index contributed by atoms with van der Waals surface area (Å²) in [6, 6.07) is 0. The maximum Gasteiger partial charge on any atom is 0.0146 e. The lowest BCUT2D eigenvalue weighted by Gasteiger charge is -1.97. The number of rotatable bonds is 4. The number of hydrogen-bond acceptors (Lipinski definition) is 0. The Bertz CT molecular complexity index is 474. The van der Waals surface area contributed by atoms with Crippen LogP contribution >= 0.6 is 0 Å². The lowest BCUT2D eigenvalue weighted by molar-refractivity contribution is 0.773. The first-order valence-corrected chi connectivity index (χ1v) is 12.1. The Kier molecular flexibility index (Phi) is 39.6. The topological polar surface area (TPSA) is 0 Å². The van der Waals surface area contributed by atoms with Gasteiger partial charge in [0, 0.05) is 5.92 Å². The van der Waals surface area contributed by atoms with Crippen LogP contribution in [0.4, 0.5) is 0 Å². The molecule has 0 saturated carbocycles. The van der Waals surface area contributed by atoms with Crippen molar-refractivity contribution in [2.45, 2.75) is 111 Å². The summed E-state index contributed by atoms with van der Waals surface area (Å²) < 4.78 is 0. The van der Waals surface area contributed by atoms with Crippen LogP contribution in [-0.2, 0) is 0 Å². The largest absolute Gasteiger partial charge is 0.106 e. The standard InChI is InChI=1S/C7H14.3C6H12.C6H10/c1-6(2)5-7(3)4;1-5(2)6(3)4;3*1-4-5-6(2)3/h5-6H,1-4H3;6H,1H2,2-4H3;2*4-6H,1-3H3;6H,1-3H3/b;;5-4+;5-4-;. The van der Waals surface area contributed by atoms with E-state index >= 15 is 0 Å². The summed E-state index contributed by atoms with van der Waals surface area (Å²) in [5.41, 5.74) is 2.67. The van der Waals surface area contributed by atoms with Crippen molar-refractivity contribution in [1.29, 1.82) is 0 Å². The van der Waals surface area contributed by atoms with Gasteiger partial charge in [-0.05, 0) is 65.2 Å². The monoisotopic (exact) mass is 432 g/mol. The van der Waals surface area contributed by atoms with Crippen molar-refractivity contribution in [2.24, 2.45) is 29.6 Å². The molecule has 0 heteroatoms. The average Bonchev–Trinajstić information content (AvgIpc) is 2.55. The number of allylic oxidation sites excluding steroid dienone is 7. The molecule has 31 heavy (non-hydrogen) atoms. The fraction of sp³-hybridized carbons (Fsp3) is 0.677. The second-order valence-corrected chi connectivity index (χ2v) is 9.58. The summed E-state index contributed by atoms with van der Waals surface area (Å²) >= 11 is 0. The zero-order valence-corrected chi connectivity index (χ0v) is 24.5. The molecule has 0 bridgehead atoms. The highest BCUT2D eigenvalue weighted by atomic mass is 13.9. The van der Waals surface area contributed by atoms with Gasteiger partial charge in [0.05, 0.1) is 0 Å². The predicted octanol–water partition coefficient (Wildman–Crippen LogP) is 10.9. The van der Waals surface area contributed by atoms with Crippen LogP contribution < -0.4 is 0 Å². The van der Waals surface area contributed by atoms with Crippen molar-refractivity contribution in [3.8, 4) is 11.8 Å². The van der Waals surface area contributed by atoms with E-state index in [4.69, 9.17) is 0 Å². The van der Waals surface area contributed by atoms with Crippen LogP contribution in [0.5, 0.6) is 0 Å². The first-order valence-electron chi connectivity index (χ1n) is 12.1. The Morgan fingerprint density at radius 1 is 0.677 bits per heavy atom. The van der Waals surface area contributed by atoms with Crippen LogP contribution in [0.2, 0.25) is 0 Å². The van der Waals surface area contributed by atoms with Crippen LogP contribution in [0.3, 0.4) is 0 Å². The van der Waals surface area contributed by atoms with Crippen molar-refractivity contribution < 1.29 is 0 Å². The van der Waals surface area contributed by atoms with E-state index in [0.29, 0.717) is 17.8 Å². The molecule has 0 saturated heterocycles. The van der Waals surface area contributed by atoms with Crippen LogP contribution in [0, 0.1) is 41.4 Å². The van der Waals surface area contributed by atoms with Crippen molar-refractivity contribution in [2.75, 3.05) is 0 Å². The van der Waals surface area contributed by atoms with E-state index < -0.39 is 0 Å². The molecule has 0 aromatic heterocycles. The molecule has 0 amide bonds. The second kappa shape index (κ2) is 30.7. The first kappa shape index (κ1) is 39.9. The molecule has 0 heterocycles. The highest BCUT2D eigenvalue weighted by molar-refractivity contribution is 4.97. The van der Waals surface area contributed by atoms with Crippen molar-refractivity contribution in [3.05, 3.63) is 48.1 Å². The van der Waals surface area contributed by atoms with E-state index in [9.17, 15) is 0 Å². The van der Waals surface area contributed by atoms with Crippen LogP contribution in [-0.4, -0.2) is 0 Å². The Labute approximate surface area is 200 Å². The highest BCUT2D eigenvalue weighted by Crippen LogP contribution is 2.02. The maximum absolute atomic E-state index is 3.75. The van der Waals surface area contributed by atoms with Crippen molar-refractivity contribution >= 4 is 0 Å². The van der Waals surface area contributed by atoms with Gasteiger partial charge >= 0.3 is 0 Å². The van der Waals surface area contributed by atoms with Crippen LogP contribution in [0.1, 0.15) is 111 Å². The third-order valence-corrected chi connectivity index (χ3v) is 3.24. The molecule has 0 rings (SSSR count). The van der Waals surface area contributed by atoms with E-state index in [2.05, 4.69) is 132 Å². The minimum absolute atomic E-state index is 0.537. The molecule has 0 spiro atoms. The van der Waals surface area contributed by atoms with Crippen molar-refractivity contribution in [3.63, 3.8) is 0 Å². The van der Waals surface area contributed by atoms with Gasteiger partial charge in [-0.2, -0.15) is 0 Å². The Morgan fingerprint density at radius 2 is 1.00 bits per heavy atom. The van der Waals surface area contributed by atoms with Gasteiger partial charge in [0.2, 0.25) is 0 Å². The normalized spacial score (nSPS) is 9.71. The van der Waals surface area contributed by atoms with E-state index in [-0.39, 0.29) is 0 Å². The quantitative estimate of drug-likeness (QED) is 0.306. The van der Waals surface area contributed by atoms with Gasteiger partial charge < -0.3 is 0 Å². The molecule has 0 unspecified atom stereocenters. The summed E-state index contributed by atoms with van der Waals surface area (Å²) in [7, 11) is 0. The van der Waals surface area contributed by atoms with Gasteiger partial charge in [-0.25, -0.2) is 0 Å². The molecule has 0 nitrogen and oxygen atoms in total. The van der Waals surface area contributed by atoms with Crippen LogP contribution in [0.15, 0.2) is 48.1 Å². The lowest BCUT2D eigenvalue weighted by atomic mass is 10.1. The maximum atomic E-state index is 3.75. The molecule has 0 atom stereocenters. The van der Waals surface area contributed by atoms with E-state index in [0.717, 1.165) is 11.8 Å². The summed E-state index contributed by atoms with van der Waals surface area (Å²) in [4.78, 5) is 0. The Morgan fingerprint density at radius 3 is 1.00 bits per heavy atom.